The molecule has 5 nitrogen and oxygen atoms in total. The van der Waals surface area contributed by atoms with Crippen molar-refractivity contribution >= 4 is 17.3 Å². The molecule has 0 radical (unpaired) electrons. The summed E-state index contributed by atoms with van der Waals surface area (Å²) in [6, 6.07) is 0. The van der Waals surface area contributed by atoms with Crippen molar-refractivity contribution in [1.29, 1.82) is 0 Å². The van der Waals surface area contributed by atoms with Crippen molar-refractivity contribution in [1.82, 2.24) is 14.7 Å². The zero-order chi connectivity index (χ0) is 15.0. The van der Waals surface area contributed by atoms with Gasteiger partial charge in [0.2, 0.25) is 0 Å². The van der Waals surface area contributed by atoms with E-state index in [9.17, 15) is 4.79 Å². The van der Waals surface area contributed by atoms with Crippen LogP contribution in [0.4, 0.5) is 5.69 Å². The maximum absolute atomic E-state index is 11.9. The number of halogens is 1. The normalized spacial score (nSPS) is 10.8. The Balaban J connectivity index is 2.63. The van der Waals surface area contributed by atoms with Crippen LogP contribution in [0.15, 0.2) is 23.6 Å². The zero-order valence-corrected chi connectivity index (χ0v) is 13.0. The van der Waals surface area contributed by atoms with Crippen molar-refractivity contribution in [3.05, 3.63) is 34.2 Å². The predicted octanol–water partition coefficient (Wildman–Crippen LogP) is 2.23. The molecule has 0 bridgehead atoms. The highest BCUT2D eigenvalue weighted by atomic mass is 35.5. The lowest BCUT2D eigenvalue weighted by Gasteiger charge is -2.20. The van der Waals surface area contributed by atoms with Gasteiger partial charge in [0.05, 0.1) is 18.4 Å². The van der Waals surface area contributed by atoms with Gasteiger partial charge in [-0.1, -0.05) is 31.5 Å². The fourth-order valence-electron chi connectivity index (χ4n) is 1.93. The lowest BCUT2D eigenvalue weighted by Crippen LogP contribution is -2.30. The monoisotopic (exact) mass is 298 g/mol. The molecule has 6 heteroatoms. The van der Waals surface area contributed by atoms with E-state index in [1.807, 2.05) is 0 Å². The number of nitrogens with zero attached hydrogens (tertiary/aromatic N) is 3. The van der Waals surface area contributed by atoms with Gasteiger partial charge in [-0.3, -0.25) is 4.79 Å². The molecule has 1 aromatic heterocycles. The molecule has 1 heterocycles. The summed E-state index contributed by atoms with van der Waals surface area (Å²) < 4.78 is 1.29. The molecule has 0 unspecified atom stereocenters. The van der Waals surface area contributed by atoms with E-state index in [0.717, 1.165) is 32.6 Å². The smallest absolute Gasteiger partial charge is 0.287 e. The number of likely N-dealkylation sites (N-methyl/N-ethyl adjacent to an activating group) is 1. The average Bonchev–Trinajstić information content (AvgIpc) is 2.45. The molecule has 0 spiro atoms. The third-order valence-electron chi connectivity index (χ3n) is 3.02. The highest BCUT2D eigenvalue weighted by Crippen LogP contribution is 2.14. The van der Waals surface area contributed by atoms with Crippen LogP contribution in [0.5, 0.6) is 0 Å². The number of anilines is 1. The Labute approximate surface area is 125 Å². The molecule has 1 N–H and O–H groups in total. The number of aromatic nitrogens is 2. The van der Waals surface area contributed by atoms with Crippen LogP contribution in [0.2, 0.25) is 5.02 Å². The summed E-state index contributed by atoms with van der Waals surface area (Å²) in [5.41, 5.74) is 0.294. The van der Waals surface area contributed by atoms with Crippen molar-refractivity contribution in [3.63, 3.8) is 0 Å². The van der Waals surface area contributed by atoms with Gasteiger partial charge in [0.15, 0.2) is 0 Å². The standard InChI is InChI=1S/C14H23ClN4O/c1-4-8-18(6-3)10-7-16-12-11-17-19(9-5-2)14(20)13(12)15/h5,11,16H,2,4,6-10H2,1,3H3. The second kappa shape index (κ2) is 8.76. The van der Waals surface area contributed by atoms with E-state index in [2.05, 4.69) is 35.7 Å². The summed E-state index contributed by atoms with van der Waals surface area (Å²) in [4.78, 5) is 14.2. The summed E-state index contributed by atoms with van der Waals surface area (Å²) in [6.45, 7) is 12.0. The topological polar surface area (TPSA) is 50.2 Å². The molecule has 0 amide bonds. The summed E-state index contributed by atoms with van der Waals surface area (Å²) in [5.74, 6) is 0. The van der Waals surface area contributed by atoms with Crippen LogP contribution in [0.3, 0.4) is 0 Å². The summed E-state index contributed by atoms with van der Waals surface area (Å²) >= 11 is 6.06. The van der Waals surface area contributed by atoms with Crippen molar-refractivity contribution in [2.45, 2.75) is 26.8 Å². The summed E-state index contributed by atoms with van der Waals surface area (Å²) in [7, 11) is 0. The lowest BCUT2D eigenvalue weighted by molar-refractivity contribution is 0.300. The minimum atomic E-state index is -0.294. The van der Waals surface area contributed by atoms with Crippen LogP contribution in [0.1, 0.15) is 20.3 Å². The van der Waals surface area contributed by atoms with Gasteiger partial charge in [0.25, 0.3) is 5.56 Å². The molecule has 0 aliphatic heterocycles. The third kappa shape index (κ3) is 4.65. The Morgan fingerprint density at radius 1 is 1.50 bits per heavy atom. The molecule has 0 fully saturated rings. The molecule has 112 valence electrons. The van der Waals surface area contributed by atoms with E-state index in [1.165, 1.54) is 4.68 Å². The first-order valence-electron chi connectivity index (χ1n) is 6.96. The van der Waals surface area contributed by atoms with Gasteiger partial charge in [0, 0.05) is 13.1 Å². The van der Waals surface area contributed by atoms with Gasteiger partial charge >= 0.3 is 0 Å². The molecular weight excluding hydrogens is 276 g/mol. The Bertz CT molecular complexity index is 487. The van der Waals surface area contributed by atoms with Crippen molar-refractivity contribution in [2.24, 2.45) is 0 Å². The van der Waals surface area contributed by atoms with Crippen molar-refractivity contribution in [2.75, 3.05) is 31.5 Å². The first-order chi connectivity index (χ1) is 9.63. The number of hydrogen-bond donors (Lipinski definition) is 1. The van der Waals surface area contributed by atoms with Crippen LogP contribution in [0.25, 0.3) is 0 Å². The third-order valence-corrected chi connectivity index (χ3v) is 3.38. The number of allylic oxidation sites excluding steroid dienone is 1. The maximum Gasteiger partial charge on any atom is 0.287 e. The zero-order valence-electron chi connectivity index (χ0n) is 12.2. The fraction of sp³-hybridized carbons (Fsp3) is 0.571. The lowest BCUT2D eigenvalue weighted by atomic mass is 10.4. The number of rotatable bonds is 9. The van der Waals surface area contributed by atoms with Crippen LogP contribution >= 0.6 is 11.6 Å². The van der Waals surface area contributed by atoms with Crippen molar-refractivity contribution in [3.8, 4) is 0 Å². The van der Waals surface area contributed by atoms with E-state index in [-0.39, 0.29) is 10.6 Å². The SMILES string of the molecule is C=CCn1ncc(NCCN(CC)CCC)c(Cl)c1=O. The molecular formula is C14H23ClN4O. The minimum absolute atomic E-state index is 0.181. The van der Waals surface area contributed by atoms with Gasteiger partial charge in [-0.2, -0.15) is 5.10 Å². The molecule has 1 aromatic rings. The van der Waals surface area contributed by atoms with E-state index in [4.69, 9.17) is 11.6 Å². The molecule has 0 saturated carbocycles. The minimum Gasteiger partial charge on any atom is -0.381 e. The van der Waals surface area contributed by atoms with Gasteiger partial charge in [-0.25, -0.2) is 4.68 Å². The Kier molecular flexibility index (Phi) is 7.33. The van der Waals surface area contributed by atoms with E-state index in [1.54, 1.807) is 12.3 Å². The van der Waals surface area contributed by atoms with E-state index in [0.29, 0.717) is 12.2 Å². The van der Waals surface area contributed by atoms with Crippen LogP contribution in [-0.4, -0.2) is 40.9 Å². The van der Waals surface area contributed by atoms with E-state index >= 15 is 0 Å². The molecule has 0 aliphatic rings. The molecule has 1 rings (SSSR count). The van der Waals surface area contributed by atoms with Crippen LogP contribution < -0.4 is 10.9 Å². The largest absolute Gasteiger partial charge is 0.381 e. The van der Waals surface area contributed by atoms with Crippen LogP contribution in [-0.2, 0) is 6.54 Å². The summed E-state index contributed by atoms with van der Waals surface area (Å²) in [6.07, 6.45) is 4.33. The van der Waals surface area contributed by atoms with Gasteiger partial charge in [0.1, 0.15) is 5.02 Å². The second-order valence-electron chi connectivity index (χ2n) is 4.51. The first kappa shape index (κ1) is 16.7. The first-order valence-corrected chi connectivity index (χ1v) is 7.34. The van der Waals surface area contributed by atoms with E-state index < -0.39 is 0 Å². The highest BCUT2D eigenvalue weighted by Gasteiger charge is 2.08. The molecule has 0 aromatic carbocycles. The number of hydrogen-bond acceptors (Lipinski definition) is 4. The Hall–Kier alpha value is -1.33. The van der Waals surface area contributed by atoms with Gasteiger partial charge in [-0.15, -0.1) is 6.58 Å². The summed E-state index contributed by atoms with van der Waals surface area (Å²) in [5, 5.41) is 7.41. The quantitative estimate of drug-likeness (QED) is 0.710. The molecule has 0 atom stereocenters. The fourth-order valence-corrected chi connectivity index (χ4v) is 2.15. The Morgan fingerprint density at radius 2 is 2.25 bits per heavy atom. The highest BCUT2D eigenvalue weighted by molar-refractivity contribution is 6.32. The van der Waals surface area contributed by atoms with Crippen molar-refractivity contribution < 1.29 is 0 Å². The van der Waals surface area contributed by atoms with Gasteiger partial charge < -0.3 is 10.2 Å². The van der Waals surface area contributed by atoms with Crippen LogP contribution in [0, 0.1) is 0 Å². The second-order valence-corrected chi connectivity index (χ2v) is 4.89. The molecule has 0 aliphatic carbocycles. The average molecular weight is 299 g/mol. The number of nitrogens with one attached hydrogen (secondary N) is 1. The maximum atomic E-state index is 11.9. The predicted molar refractivity (Wildman–Crippen MR) is 84.6 cm³/mol. The Morgan fingerprint density at radius 3 is 2.85 bits per heavy atom. The van der Waals surface area contributed by atoms with Gasteiger partial charge in [-0.05, 0) is 19.5 Å². The molecule has 20 heavy (non-hydrogen) atoms. The molecule has 0 saturated heterocycles.